The predicted octanol–water partition coefficient (Wildman–Crippen LogP) is 1.05. The standard InChI is InChI=1S/C16H17NO6S2/c1-21-10-6-9(7-11(22-2)14(10)23-3)8-12-15(20)17(16(24)25-12)5-4-13(18)19/h6-8H,4-5H2,1-3H3,(H,18,19)/p-1/b12-8+. The maximum absolute atomic E-state index is 12.4. The molecule has 0 N–H and O–H groups in total. The number of rotatable bonds is 7. The quantitative estimate of drug-likeness (QED) is 0.511. The van der Waals surface area contributed by atoms with Gasteiger partial charge in [0.2, 0.25) is 5.75 Å². The fourth-order valence-electron chi connectivity index (χ4n) is 2.23. The molecule has 1 saturated heterocycles. The summed E-state index contributed by atoms with van der Waals surface area (Å²) in [4.78, 5) is 24.6. The Morgan fingerprint density at radius 2 is 1.84 bits per heavy atom. The molecule has 9 heteroatoms. The molecule has 0 spiro atoms. The minimum Gasteiger partial charge on any atom is -0.550 e. The first-order valence-electron chi connectivity index (χ1n) is 7.16. The number of carbonyl (C=O) groups is 2. The Hall–Kier alpha value is -2.26. The van der Waals surface area contributed by atoms with Crippen molar-refractivity contribution in [3.63, 3.8) is 0 Å². The normalized spacial score (nSPS) is 15.6. The van der Waals surface area contributed by atoms with Crippen LogP contribution in [0.2, 0.25) is 0 Å². The van der Waals surface area contributed by atoms with Crippen LogP contribution in [0.25, 0.3) is 6.08 Å². The van der Waals surface area contributed by atoms with Gasteiger partial charge in [0.25, 0.3) is 5.91 Å². The van der Waals surface area contributed by atoms with Crippen molar-refractivity contribution in [1.29, 1.82) is 0 Å². The predicted molar refractivity (Wildman–Crippen MR) is 95.6 cm³/mol. The van der Waals surface area contributed by atoms with Gasteiger partial charge in [-0.15, -0.1) is 0 Å². The molecule has 7 nitrogen and oxygen atoms in total. The number of nitrogens with zero attached hydrogens (tertiary/aromatic N) is 1. The maximum Gasteiger partial charge on any atom is 0.266 e. The molecule has 0 aromatic heterocycles. The summed E-state index contributed by atoms with van der Waals surface area (Å²) >= 11 is 6.25. The van der Waals surface area contributed by atoms with Crippen molar-refractivity contribution in [2.24, 2.45) is 0 Å². The van der Waals surface area contributed by atoms with E-state index in [9.17, 15) is 14.7 Å². The van der Waals surface area contributed by atoms with E-state index in [-0.39, 0.29) is 18.9 Å². The van der Waals surface area contributed by atoms with Gasteiger partial charge in [0, 0.05) is 18.9 Å². The number of methoxy groups -OCH3 is 3. The molecule has 1 amide bonds. The fourth-order valence-corrected chi connectivity index (χ4v) is 3.54. The molecule has 134 valence electrons. The highest BCUT2D eigenvalue weighted by molar-refractivity contribution is 8.26. The number of carboxylic acid groups (broad SMARTS) is 1. The van der Waals surface area contributed by atoms with Crippen molar-refractivity contribution < 1.29 is 28.9 Å². The highest BCUT2D eigenvalue weighted by atomic mass is 32.2. The zero-order chi connectivity index (χ0) is 18.6. The van der Waals surface area contributed by atoms with Crippen LogP contribution in [0.4, 0.5) is 0 Å². The third-order valence-corrected chi connectivity index (χ3v) is 4.78. The molecule has 0 aliphatic carbocycles. The minimum atomic E-state index is -1.23. The van der Waals surface area contributed by atoms with Gasteiger partial charge in [-0.1, -0.05) is 24.0 Å². The average Bonchev–Trinajstić information content (AvgIpc) is 2.85. The second kappa shape index (κ2) is 8.21. The Morgan fingerprint density at radius 1 is 1.24 bits per heavy atom. The molecule has 1 aromatic carbocycles. The zero-order valence-electron chi connectivity index (χ0n) is 13.9. The molecule has 1 aliphatic heterocycles. The van der Waals surface area contributed by atoms with Crippen LogP contribution in [0.3, 0.4) is 0 Å². The number of hydrogen-bond acceptors (Lipinski definition) is 8. The van der Waals surface area contributed by atoms with E-state index in [1.807, 2.05) is 0 Å². The molecule has 1 fully saturated rings. The summed E-state index contributed by atoms with van der Waals surface area (Å²) in [6.45, 7) is -0.0143. The summed E-state index contributed by atoms with van der Waals surface area (Å²) in [5, 5.41) is 10.6. The Balaban J connectivity index is 2.32. The van der Waals surface area contributed by atoms with E-state index in [1.54, 1.807) is 18.2 Å². The molecule has 1 heterocycles. The summed E-state index contributed by atoms with van der Waals surface area (Å²) in [6, 6.07) is 3.41. The SMILES string of the molecule is COc1cc(/C=C2/SC(=S)N(CCC(=O)[O-])C2=O)cc(OC)c1OC. The van der Waals surface area contributed by atoms with Crippen LogP contribution in [-0.4, -0.2) is 49.0 Å². The van der Waals surface area contributed by atoms with Gasteiger partial charge in [-0.25, -0.2) is 0 Å². The van der Waals surface area contributed by atoms with Crippen LogP contribution in [0.5, 0.6) is 17.2 Å². The van der Waals surface area contributed by atoms with Gasteiger partial charge in [0.15, 0.2) is 11.5 Å². The summed E-state index contributed by atoms with van der Waals surface area (Å²) in [7, 11) is 4.50. The first-order chi connectivity index (χ1) is 11.9. The number of aliphatic carboxylic acids is 1. The number of amides is 1. The van der Waals surface area contributed by atoms with E-state index in [2.05, 4.69) is 0 Å². The lowest BCUT2D eigenvalue weighted by molar-refractivity contribution is -0.305. The second-order valence-electron chi connectivity index (χ2n) is 4.91. The Kier molecular flexibility index (Phi) is 6.27. The van der Waals surface area contributed by atoms with Gasteiger partial charge in [-0.05, 0) is 23.8 Å². The zero-order valence-corrected chi connectivity index (χ0v) is 15.5. The van der Waals surface area contributed by atoms with Crippen molar-refractivity contribution in [2.45, 2.75) is 6.42 Å². The summed E-state index contributed by atoms with van der Waals surface area (Å²) in [5.74, 6) is -0.211. The Bertz CT molecular complexity index is 721. The summed E-state index contributed by atoms with van der Waals surface area (Å²) < 4.78 is 16.1. The average molecular weight is 382 g/mol. The van der Waals surface area contributed by atoms with Crippen molar-refractivity contribution in [3.05, 3.63) is 22.6 Å². The molecule has 0 saturated carbocycles. The minimum absolute atomic E-state index is 0.0143. The van der Waals surface area contributed by atoms with Gasteiger partial charge < -0.3 is 24.1 Å². The molecule has 2 rings (SSSR count). The lowest BCUT2D eigenvalue weighted by Crippen LogP contribution is -2.33. The van der Waals surface area contributed by atoms with E-state index in [4.69, 9.17) is 26.4 Å². The molecule has 0 radical (unpaired) electrons. The van der Waals surface area contributed by atoms with Crippen LogP contribution in [0.1, 0.15) is 12.0 Å². The van der Waals surface area contributed by atoms with Crippen molar-refractivity contribution in [2.75, 3.05) is 27.9 Å². The van der Waals surface area contributed by atoms with Gasteiger partial charge in [-0.2, -0.15) is 0 Å². The number of carboxylic acids is 1. The number of hydrogen-bond donors (Lipinski definition) is 0. The number of thiocarbonyl (C=S) groups is 1. The van der Waals surface area contributed by atoms with E-state index < -0.39 is 5.97 Å². The van der Waals surface area contributed by atoms with E-state index in [0.717, 1.165) is 11.8 Å². The Morgan fingerprint density at radius 3 is 2.32 bits per heavy atom. The molecule has 25 heavy (non-hydrogen) atoms. The third kappa shape index (κ3) is 4.23. The van der Waals surface area contributed by atoms with Crippen molar-refractivity contribution in [3.8, 4) is 17.2 Å². The Labute approximate surface area is 154 Å². The first-order valence-corrected chi connectivity index (χ1v) is 8.39. The molecule has 0 atom stereocenters. The van der Waals surface area contributed by atoms with Crippen LogP contribution >= 0.6 is 24.0 Å². The van der Waals surface area contributed by atoms with E-state index in [0.29, 0.717) is 32.0 Å². The smallest absolute Gasteiger partial charge is 0.266 e. The fraction of sp³-hybridized carbons (Fsp3) is 0.312. The molecule has 1 aromatic rings. The number of ether oxygens (including phenoxy) is 3. The molecular formula is C16H16NO6S2-. The summed E-state index contributed by atoms with van der Waals surface area (Å²) in [5.41, 5.74) is 0.662. The van der Waals surface area contributed by atoms with Crippen LogP contribution in [0.15, 0.2) is 17.0 Å². The number of carbonyl (C=O) groups excluding carboxylic acids is 2. The maximum atomic E-state index is 12.4. The highest BCUT2D eigenvalue weighted by Gasteiger charge is 2.31. The third-order valence-electron chi connectivity index (χ3n) is 3.40. The van der Waals surface area contributed by atoms with E-state index >= 15 is 0 Å². The highest BCUT2D eigenvalue weighted by Crippen LogP contribution is 2.40. The van der Waals surface area contributed by atoms with Crippen LogP contribution < -0.4 is 19.3 Å². The van der Waals surface area contributed by atoms with Gasteiger partial charge in [0.1, 0.15) is 4.32 Å². The lowest BCUT2D eigenvalue weighted by Gasteiger charge is -2.14. The molecular weight excluding hydrogens is 366 g/mol. The topological polar surface area (TPSA) is 88.1 Å². The van der Waals surface area contributed by atoms with Gasteiger partial charge in [0.05, 0.1) is 26.2 Å². The van der Waals surface area contributed by atoms with Crippen molar-refractivity contribution >= 4 is 46.3 Å². The molecule has 0 unspecified atom stereocenters. The molecule has 1 aliphatic rings. The van der Waals surface area contributed by atoms with Crippen LogP contribution in [0, 0.1) is 0 Å². The van der Waals surface area contributed by atoms with Gasteiger partial charge in [-0.3, -0.25) is 9.69 Å². The second-order valence-corrected chi connectivity index (χ2v) is 6.59. The number of thioether (sulfide) groups is 1. The van der Waals surface area contributed by atoms with E-state index in [1.165, 1.54) is 26.2 Å². The summed E-state index contributed by atoms with van der Waals surface area (Å²) in [6.07, 6.45) is 1.37. The largest absolute Gasteiger partial charge is 0.550 e. The first kappa shape index (κ1) is 19.1. The van der Waals surface area contributed by atoms with Gasteiger partial charge >= 0.3 is 0 Å². The van der Waals surface area contributed by atoms with Crippen molar-refractivity contribution in [1.82, 2.24) is 4.90 Å². The number of benzene rings is 1. The van der Waals surface area contributed by atoms with Crippen LogP contribution in [-0.2, 0) is 9.59 Å². The monoisotopic (exact) mass is 382 g/mol. The molecule has 0 bridgehead atoms. The lowest BCUT2D eigenvalue weighted by atomic mass is 10.1.